The van der Waals surface area contributed by atoms with Gasteiger partial charge in [0.1, 0.15) is 62.5 Å². The Bertz CT molecular complexity index is 2740. The Kier molecular flexibility index (Phi) is 23.9. The molecule has 5 fully saturated rings. The second kappa shape index (κ2) is 30.3. The number of amides is 3. The van der Waals surface area contributed by atoms with Crippen LogP contribution in [0.25, 0.3) is 0 Å². The maximum Gasteiger partial charge on any atom is 0.407 e. The molecular formula is C67H101N3O17Si2. The zero-order chi connectivity index (χ0) is 64.6. The molecule has 89 heavy (non-hydrogen) atoms. The molecule has 3 aromatic rings. The average molecular weight is 1280 g/mol. The lowest BCUT2D eigenvalue weighted by Crippen LogP contribution is -2.69. The Morgan fingerprint density at radius 3 is 1.70 bits per heavy atom. The van der Waals surface area contributed by atoms with Gasteiger partial charge in [-0.25, -0.2) is 14.4 Å². The minimum absolute atomic E-state index is 0.0222. The van der Waals surface area contributed by atoms with Gasteiger partial charge < -0.3 is 82.0 Å². The number of benzene rings is 3. The molecule has 0 radical (unpaired) electrons. The van der Waals surface area contributed by atoms with Crippen molar-refractivity contribution in [3.05, 3.63) is 120 Å². The SMILES string of the molecule is C=CCOC(=O)N[C@@H]1C[C@H](NC(=O)OCc2ccccc2)[C@@H](O[C@H]2O[C@@H]3COC(c4ccccc4)O[C@H]3[C@H](O[Si](C)(C)C(C)(C)C)[C@H]2C)[C@H](O[C@@H]2O[C@H](CC)[C@@H](O[C@H]3O[C@@H](CNC(=O)OCc4ccccc4)[C@@H](C)[C@H](C)[C@H]3C)[C@H]2O[Si](C)(C)C(C)(C)C)[C@H]1O. The summed E-state index contributed by atoms with van der Waals surface area (Å²) in [5, 5.41) is 21.4. The summed E-state index contributed by atoms with van der Waals surface area (Å²) in [5.74, 6) is -0.550. The van der Waals surface area contributed by atoms with Gasteiger partial charge in [-0.05, 0) is 72.1 Å². The predicted molar refractivity (Wildman–Crippen MR) is 339 cm³/mol. The third-order valence-corrected chi connectivity index (χ3v) is 28.4. The Balaban J connectivity index is 1.15. The molecule has 1 unspecified atom stereocenters. The molecule has 4 heterocycles. The molecule has 22 heteroatoms. The number of alkyl carbamates (subject to hydrolysis) is 3. The summed E-state index contributed by atoms with van der Waals surface area (Å²) in [7, 11) is -5.33. The van der Waals surface area contributed by atoms with Crippen LogP contribution in [0, 0.1) is 23.7 Å². The monoisotopic (exact) mass is 1280 g/mol. The van der Waals surface area contributed by atoms with Gasteiger partial charge in [0, 0.05) is 23.9 Å². The highest BCUT2D eigenvalue weighted by molar-refractivity contribution is 6.74. The molecule has 4 N–H and O–H groups in total. The van der Waals surface area contributed by atoms with E-state index in [1.807, 2.05) is 105 Å². The van der Waals surface area contributed by atoms with Crippen molar-refractivity contribution in [2.45, 2.75) is 237 Å². The van der Waals surface area contributed by atoms with E-state index in [4.69, 9.17) is 61.0 Å². The van der Waals surface area contributed by atoms with E-state index >= 15 is 0 Å². The first kappa shape index (κ1) is 70.1. The van der Waals surface area contributed by atoms with Crippen LogP contribution >= 0.6 is 0 Å². The highest BCUT2D eigenvalue weighted by Crippen LogP contribution is 2.47. The van der Waals surface area contributed by atoms with E-state index in [0.29, 0.717) is 6.42 Å². The van der Waals surface area contributed by atoms with Crippen molar-refractivity contribution >= 4 is 34.9 Å². The largest absolute Gasteiger partial charge is 0.445 e. The zero-order valence-electron chi connectivity index (χ0n) is 54.9. The number of fused-ring (bicyclic) bond motifs is 1. The lowest BCUT2D eigenvalue weighted by molar-refractivity contribution is -0.364. The summed E-state index contributed by atoms with van der Waals surface area (Å²) in [4.78, 5) is 41.0. The Morgan fingerprint density at radius 1 is 0.596 bits per heavy atom. The average Bonchev–Trinajstić information content (AvgIpc) is 1.75. The number of hydrogen-bond acceptors (Lipinski definition) is 17. The van der Waals surface area contributed by atoms with Crippen molar-refractivity contribution in [2.24, 2.45) is 23.7 Å². The number of hydrogen-bond donors (Lipinski definition) is 4. The van der Waals surface area contributed by atoms with Gasteiger partial charge in [-0.1, -0.05) is 180 Å². The van der Waals surface area contributed by atoms with Crippen molar-refractivity contribution in [3.63, 3.8) is 0 Å². The molecule has 0 aromatic heterocycles. The second-order valence-electron chi connectivity index (χ2n) is 27.8. The van der Waals surface area contributed by atoms with Gasteiger partial charge >= 0.3 is 18.3 Å². The molecule has 1 aliphatic carbocycles. The van der Waals surface area contributed by atoms with Crippen molar-refractivity contribution in [1.29, 1.82) is 0 Å². The molecular weight excluding hydrogens is 1170 g/mol. The van der Waals surface area contributed by atoms with E-state index in [0.717, 1.165) is 16.7 Å². The first-order chi connectivity index (χ1) is 42.1. The predicted octanol–water partition coefficient (Wildman–Crippen LogP) is 11.4. The molecule has 4 saturated heterocycles. The summed E-state index contributed by atoms with van der Waals surface area (Å²) in [6.07, 6.45) is -13.0. The van der Waals surface area contributed by atoms with Crippen LogP contribution in [-0.4, -0.2) is 152 Å². The fourth-order valence-corrected chi connectivity index (χ4v) is 14.3. The molecule has 494 valence electrons. The van der Waals surface area contributed by atoms with E-state index in [1.165, 1.54) is 6.08 Å². The third-order valence-electron chi connectivity index (χ3n) is 19.5. The van der Waals surface area contributed by atoms with E-state index in [-0.39, 0.29) is 67.2 Å². The van der Waals surface area contributed by atoms with Crippen LogP contribution < -0.4 is 16.0 Å². The van der Waals surface area contributed by atoms with Crippen LogP contribution in [0.2, 0.25) is 36.3 Å². The lowest BCUT2D eigenvalue weighted by atomic mass is 9.79. The number of carbonyl (C=O) groups is 3. The van der Waals surface area contributed by atoms with Gasteiger partial charge in [0.05, 0.1) is 37.0 Å². The van der Waals surface area contributed by atoms with Crippen LogP contribution in [0.4, 0.5) is 14.4 Å². The number of carbonyl (C=O) groups excluding carboxylic acids is 3. The highest BCUT2D eigenvalue weighted by Gasteiger charge is 2.59. The molecule has 8 rings (SSSR count). The normalized spacial score (nSPS) is 33.5. The van der Waals surface area contributed by atoms with Gasteiger partial charge in [0.15, 0.2) is 41.8 Å². The quantitative estimate of drug-likeness (QED) is 0.0416. The van der Waals surface area contributed by atoms with E-state index < -0.39 is 139 Å². The standard InChI is InChI=1S/C67H101N3O17Si2/c1-17-34-75-64(73)69-47-35-48(70-65(74)78-38-45-30-24-20-25-31-45)54(82-60-43(6)53(86-88(13,14)66(7,8)9)56-51(81-60)39-76-61(84-56)46-32-26-21-27-33-46)57(52(47)71)85-62-58(87-89(15,16)67(10,11)12)55(49(18-2)79-62)83-59-42(5)40(3)41(4)50(80-59)36-68-63(72)77-37-44-28-22-19-23-29-44/h17,19-33,40-43,47-62,71H,1,18,34-39H2,2-16H3,(H,68,72)(H,69,73)(H,70,74)/t40-,41-,42+,43+,47+,48-,49+,50-,51+,52-,53+,54+,55+,56+,57+,58+,59+,60+,61?,62-/m0/s1. The zero-order valence-corrected chi connectivity index (χ0v) is 56.9. The van der Waals surface area contributed by atoms with Gasteiger partial charge in [-0.3, -0.25) is 0 Å². The van der Waals surface area contributed by atoms with Gasteiger partial charge in [0.2, 0.25) is 0 Å². The van der Waals surface area contributed by atoms with Crippen LogP contribution in [0.5, 0.6) is 0 Å². The number of nitrogens with one attached hydrogen (secondary N) is 3. The lowest BCUT2D eigenvalue weighted by Gasteiger charge is -2.53. The molecule has 20 nitrogen and oxygen atoms in total. The van der Waals surface area contributed by atoms with Gasteiger partial charge in [0.25, 0.3) is 0 Å². The van der Waals surface area contributed by atoms with Crippen LogP contribution in [-0.2, 0) is 74.2 Å². The fraction of sp³-hybridized carbons (Fsp3) is 0.657. The maximum atomic E-state index is 14.3. The molecule has 0 bridgehead atoms. The molecule has 5 aliphatic rings. The number of rotatable bonds is 22. The molecule has 20 atom stereocenters. The minimum atomic E-state index is -2.77. The summed E-state index contributed by atoms with van der Waals surface area (Å²) >= 11 is 0. The first-order valence-corrected chi connectivity index (χ1v) is 37.7. The number of aliphatic hydroxyl groups is 1. The fourth-order valence-electron chi connectivity index (χ4n) is 11.6. The summed E-state index contributed by atoms with van der Waals surface area (Å²) in [6.45, 7) is 35.9. The first-order valence-electron chi connectivity index (χ1n) is 31.8. The topological polar surface area (TPSA) is 228 Å². The summed E-state index contributed by atoms with van der Waals surface area (Å²) in [6, 6.07) is 26.4. The van der Waals surface area contributed by atoms with E-state index in [1.54, 1.807) is 0 Å². The summed E-state index contributed by atoms with van der Waals surface area (Å²) < 4.78 is 87.8. The van der Waals surface area contributed by atoms with Crippen LogP contribution in [0.15, 0.2) is 104 Å². The smallest absolute Gasteiger partial charge is 0.407 e. The Hall–Kier alpha value is -4.80. The minimum Gasteiger partial charge on any atom is -0.445 e. The molecule has 4 aliphatic heterocycles. The third kappa shape index (κ3) is 17.5. The molecule has 1 saturated carbocycles. The van der Waals surface area contributed by atoms with Crippen molar-refractivity contribution in [1.82, 2.24) is 16.0 Å². The highest BCUT2D eigenvalue weighted by atomic mass is 28.4. The Morgan fingerprint density at radius 2 is 1.11 bits per heavy atom. The molecule has 3 aromatic carbocycles. The summed E-state index contributed by atoms with van der Waals surface area (Å²) in [5.41, 5.74) is 2.48. The van der Waals surface area contributed by atoms with E-state index in [9.17, 15) is 19.5 Å². The Labute approximate surface area is 529 Å². The maximum absolute atomic E-state index is 14.3. The van der Waals surface area contributed by atoms with Crippen LogP contribution in [0.3, 0.4) is 0 Å². The van der Waals surface area contributed by atoms with Crippen molar-refractivity contribution in [3.8, 4) is 0 Å². The van der Waals surface area contributed by atoms with Crippen molar-refractivity contribution in [2.75, 3.05) is 19.8 Å². The van der Waals surface area contributed by atoms with E-state index in [2.05, 4.69) is 111 Å². The van der Waals surface area contributed by atoms with Gasteiger partial charge in [-0.15, -0.1) is 0 Å². The van der Waals surface area contributed by atoms with Gasteiger partial charge in [-0.2, -0.15) is 0 Å². The number of aliphatic hydroxyl groups excluding tert-OH is 1. The second-order valence-corrected chi connectivity index (χ2v) is 37.3. The number of ether oxygens (including phenoxy) is 11. The van der Waals surface area contributed by atoms with Crippen molar-refractivity contribution < 1.29 is 80.4 Å². The molecule has 3 amide bonds. The van der Waals surface area contributed by atoms with Crippen LogP contribution in [0.1, 0.15) is 112 Å². The molecule has 0 spiro atoms.